The van der Waals surface area contributed by atoms with E-state index in [1.807, 2.05) is 0 Å². The fourth-order valence-corrected chi connectivity index (χ4v) is 3.96. The van der Waals surface area contributed by atoms with Crippen molar-refractivity contribution in [2.45, 2.75) is 19.8 Å². The van der Waals surface area contributed by atoms with Crippen LogP contribution in [0.25, 0.3) is 0 Å². The zero-order valence-corrected chi connectivity index (χ0v) is 14.1. The summed E-state index contributed by atoms with van der Waals surface area (Å²) in [6.45, 7) is 2.26. The predicted octanol–water partition coefficient (Wildman–Crippen LogP) is 5.02. The second-order valence-electron chi connectivity index (χ2n) is 3.92. The van der Waals surface area contributed by atoms with Crippen LogP contribution in [0.2, 0.25) is 0 Å². The van der Waals surface area contributed by atoms with E-state index in [1.54, 1.807) is 0 Å². The Morgan fingerprint density at radius 3 is 2.07 bits per heavy atom. The Balaban J connectivity index is 2.78. The lowest BCUT2D eigenvalue weighted by molar-refractivity contribution is 0.374. The minimum absolute atomic E-state index is 0.354. The van der Waals surface area contributed by atoms with Gasteiger partial charge in [-0.05, 0) is 58.5 Å². The third-order valence-corrected chi connectivity index (χ3v) is 5.91. The third kappa shape index (κ3) is 4.00. The Bertz CT molecular complexity index is 283. The molecule has 0 aliphatic carbocycles. The van der Waals surface area contributed by atoms with E-state index in [2.05, 4.69) is 85.6 Å². The molecule has 0 heterocycles. The summed E-state index contributed by atoms with van der Waals surface area (Å²) in [4.78, 5) is 0. The molecule has 0 amide bonds. The van der Waals surface area contributed by atoms with Crippen molar-refractivity contribution in [2.75, 3.05) is 10.7 Å². The van der Waals surface area contributed by atoms with Crippen molar-refractivity contribution in [1.29, 1.82) is 0 Å². The normalized spacial score (nSPS) is 11.7. The summed E-state index contributed by atoms with van der Waals surface area (Å²) in [6.07, 6.45) is 2.33. The minimum Gasteiger partial charge on any atom is -0.0922 e. The molecule has 0 spiro atoms. The van der Waals surface area contributed by atoms with Crippen LogP contribution in [-0.4, -0.2) is 10.7 Å². The summed E-state index contributed by atoms with van der Waals surface area (Å²) in [5.41, 5.74) is 1.78. The van der Waals surface area contributed by atoms with Gasteiger partial charge in [0.25, 0.3) is 0 Å². The summed E-state index contributed by atoms with van der Waals surface area (Å²) >= 11 is 9.61. The Labute approximate surface area is 123 Å². The quantitative estimate of drug-likeness (QED) is 0.441. The highest BCUT2D eigenvalue weighted by Crippen LogP contribution is 2.31. The van der Waals surface area contributed by atoms with Crippen LogP contribution in [0.1, 0.15) is 18.9 Å². The molecule has 0 aliphatic rings. The molecule has 3 heteroatoms. The van der Waals surface area contributed by atoms with Crippen molar-refractivity contribution in [1.82, 2.24) is 0 Å². The van der Waals surface area contributed by atoms with Crippen LogP contribution < -0.4 is 0 Å². The molecule has 0 atom stereocenters. The molecule has 0 saturated carbocycles. The molecule has 0 radical (unpaired) electrons. The van der Waals surface area contributed by atoms with Gasteiger partial charge in [0, 0.05) is 14.2 Å². The summed E-state index contributed by atoms with van der Waals surface area (Å²) in [7, 11) is 0. The molecule has 0 unspecified atom stereocenters. The molecule has 0 aliphatic heterocycles. The van der Waals surface area contributed by atoms with Gasteiger partial charge in [-0.2, -0.15) is 0 Å². The maximum Gasteiger partial charge on any atom is 0.0130 e. The van der Waals surface area contributed by atoms with Crippen LogP contribution >= 0.6 is 54.5 Å². The summed E-state index contributed by atoms with van der Waals surface area (Å²) in [6, 6.07) is 8.83. The van der Waals surface area contributed by atoms with Crippen molar-refractivity contribution >= 4 is 54.5 Å². The van der Waals surface area contributed by atoms with Crippen molar-refractivity contribution in [3.05, 3.63) is 33.4 Å². The van der Waals surface area contributed by atoms with E-state index in [9.17, 15) is 0 Å². The van der Waals surface area contributed by atoms with Gasteiger partial charge in [-0.1, -0.05) is 50.9 Å². The number of alkyl halides is 2. The zero-order valence-electron chi connectivity index (χ0n) is 8.77. The first-order chi connectivity index (χ1) is 7.15. The lowest BCUT2D eigenvalue weighted by atomic mass is 9.83. The average molecular weight is 446 g/mol. The van der Waals surface area contributed by atoms with E-state index in [4.69, 9.17) is 0 Å². The summed E-state index contributed by atoms with van der Waals surface area (Å²) in [5, 5.41) is 2.10. The van der Waals surface area contributed by atoms with E-state index in [-0.39, 0.29) is 0 Å². The lowest BCUT2D eigenvalue weighted by Gasteiger charge is -2.28. The van der Waals surface area contributed by atoms with Gasteiger partial charge in [-0.3, -0.25) is 0 Å². The maximum absolute atomic E-state index is 3.63. The van der Waals surface area contributed by atoms with Crippen LogP contribution in [0.15, 0.2) is 24.3 Å². The highest BCUT2D eigenvalue weighted by atomic mass is 127. The molecule has 15 heavy (non-hydrogen) atoms. The second-order valence-corrected chi connectivity index (χ2v) is 6.29. The van der Waals surface area contributed by atoms with Crippen LogP contribution in [0, 0.1) is 8.99 Å². The highest BCUT2D eigenvalue weighted by molar-refractivity contribution is 14.1. The van der Waals surface area contributed by atoms with Gasteiger partial charge in [-0.15, -0.1) is 0 Å². The van der Waals surface area contributed by atoms with Crippen molar-refractivity contribution in [2.24, 2.45) is 5.41 Å². The molecule has 0 saturated heterocycles. The number of hydrogen-bond acceptors (Lipinski definition) is 0. The fourth-order valence-electron chi connectivity index (χ4n) is 1.48. The SMILES string of the molecule is CCC(CBr)(CBr)Cc1ccc(I)cc1. The van der Waals surface area contributed by atoms with Crippen molar-refractivity contribution in [3.8, 4) is 0 Å². The van der Waals surface area contributed by atoms with Crippen LogP contribution in [0.5, 0.6) is 0 Å². The highest BCUT2D eigenvalue weighted by Gasteiger charge is 2.25. The molecule has 0 aromatic heterocycles. The van der Waals surface area contributed by atoms with E-state index < -0.39 is 0 Å². The second kappa shape index (κ2) is 6.60. The molecule has 0 N–H and O–H groups in total. The number of benzene rings is 1. The first-order valence-corrected chi connectivity index (χ1v) is 8.34. The van der Waals surface area contributed by atoms with Gasteiger partial charge in [0.1, 0.15) is 0 Å². The van der Waals surface area contributed by atoms with Gasteiger partial charge >= 0.3 is 0 Å². The van der Waals surface area contributed by atoms with Gasteiger partial charge in [-0.25, -0.2) is 0 Å². The van der Waals surface area contributed by atoms with Crippen LogP contribution in [0.3, 0.4) is 0 Å². The molecule has 1 aromatic carbocycles. The Hall–Kier alpha value is 0.910. The van der Waals surface area contributed by atoms with Crippen molar-refractivity contribution in [3.63, 3.8) is 0 Å². The van der Waals surface area contributed by atoms with Gasteiger partial charge < -0.3 is 0 Å². The van der Waals surface area contributed by atoms with Gasteiger partial charge in [0.15, 0.2) is 0 Å². The first-order valence-electron chi connectivity index (χ1n) is 5.02. The van der Waals surface area contributed by atoms with E-state index in [0.29, 0.717) is 5.41 Å². The molecule has 0 fully saturated rings. The minimum atomic E-state index is 0.354. The maximum atomic E-state index is 3.63. The number of halogens is 3. The van der Waals surface area contributed by atoms with E-state index in [1.165, 1.54) is 15.6 Å². The van der Waals surface area contributed by atoms with E-state index in [0.717, 1.165) is 17.1 Å². The molecular weight excluding hydrogens is 431 g/mol. The molecule has 84 valence electrons. The molecule has 0 bridgehead atoms. The monoisotopic (exact) mass is 444 g/mol. The fraction of sp³-hybridized carbons (Fsp3) is 0.500. The average Bonchev–Trinajstić information content (AvgIpc) is 2.29. The topological polar surface area (TPSA) is 0 Å². The lowest BCUT2D eigenvalue weighted by Crippen LogP contribution is -2.26. The summed E-state index contributed by atoms with van der Waals surface area (Å²) < 4.78 is 1.30. The van der Waals surface area contributed by atoms with Gasteiger partial charge in [0.05, 0.1) is 0 Å². The molecular formula is C12H15Br2I. The van der Waals surface area contributed by atoms with Crippen molar-refractivity contribution < 1.29 is 0 Å². The predicted molar refractivity (Wildman–Crippen MR) is 83.2 cm³/mol. The smallest absolute Gasteiger partial charge is 0.0130 e. The van der Waals surface area contributed by atoms with E-state index >= 15 is 0 Å². The Morgan fingerprint density at radius 2 is 1.67 bits per heavy atom. The number of rotatable bonds is 5. The molecule has 1 aromatic rings. The standard InChI is InChI=1S/C12H15Br2I/c1-2-12(8-13,9-14)7-10-3-5-11(15)6-4-10/h3-6H,2,7-9H2,1H3. The zero-order chi connectivity index (χ0) is 11.3. The Kier molecular flexibility index (Phi) is 6.15. The third-order valence-electron chi connectivity index (χ3n) is 2.81. The Morgan fingerprint density at radius 1 is 1.13 bits per heavy atom. The summed E-state index contributed by atoms with van der Waals surface area (Å²) in [5.74, 6) is 0. The first kappa shape index (κ1) is 14.0. The van der Waals surface area contributed by atoms with Crippen LogP contribution in [-0.2, 0) is 6.42 Å². The molecule has 1 rings (SSSR count). The molecule has 0 nitrogen and oxygen atoms in total. The van der Waals surface area contributed by atoms with Gasteiger partial charge in [0.2, 0.25) is 0 Å². The largest absolute Gasteiger partial charge is 0.0922 e. The number of hydrogen-bond donors (Lipinski definition) is 0. The van der Waals surface area contributed by atoms with Crippen LogP contribution in [0.4, 0.5) is 0 Å².